The van der Waals surface area contributed by atoms with Crippen LogP contribution in [0.1, 0.15) is 6.92 Å². The van der Waals surface area contributed by atoms with E-state index in [1.165, 1.54) is 16.6 Å². The highest BCUT2D eigenvalue weighted by atomic mass is 15.1. The molecule has 40 heavy (non-hydrogen) atoms. The number of imidazole rings is 2. The minimum atomic E-state index is 0.877. The zero-order valence-corrected chi connectivity index (χ0v) is 22.0. The lowest BCUT2D eigenvalue weighted by Crippen LogP contribution is -1.97. The Morgan fingerprint density at radius 3 is 2.00 bits per heavy atom. The summed E-state index contributed by atoms with van der Waals surface area (Å²) in [6.07, 6.45) is 2.03. The number of aromatic nitrogens is 5. The average molecular weight is 516 g/mol. The summed E-state index contributed by atoms with van der Waals surface area (Å²) >= 11 is 0. The van der Waals surface area contributed by atoms with Gasteiger partial charge in [0.2, 0.25) is 0 Å². The van der Waals surface area contributed by atoms with Crippen LogP contribution in [0.15, 0.2) is 121 Å². The van der Waals surface area contributed by atoms with Crippen molar-refractivity contribution in [2.75, 3.05) is 0 Å². The summed E-state index contributed by atoms with van der Waals surface area (Å²) < 4.78 is 4.34. The van der Waals surface area contributed by atoms with Crippen LogP contribution in [0, 0.1) is 0 Å². The van der Waals surface area contributed by atoms with Gasteiger partial charge in [-0.05, 0) is 42.3 Å². The van der Waals surface area contributed by atoms with Gasteiger partial charge in [0.05, 0.1) is 16.7 Å². The number of benzene rings is 4. The largest absolute Gasteiger partial charge is 0.324 e. The number of pyridine rings is 2. The van der Waals surface area contributed by atoms with E-state index in [0.717, 1.165) is 62.3 Å². The zero-order chi connectivity index (χ0) is 26.6. The second-order valence-corrected chi connectivity index (χ2v) is 10.0. The molecule has 0 bridgehead atoms. The van der Waals surface area contributed by atoms with E-state index < -0.39 is 0 Å². The Morgan fingerprint density at radius 2 is 1.23 bits per heavy atom. The fourth-order valence-corrected chi connectivity index (χ4v) is 5.80. The highest BCUT2D eigenvalue weighted by Gasteiger charge is 2.15. The quantitative estimate of drug-likeness (QED) is 0.236. The van der Waals surface area contributed by atoms with Crippen LogP contribution in [-0.4, -0.2) is 23.9 Å². The minimum absolute atomic E-state index is 0.877. The van der Waals surface area contributed by atoms with Crippen LogP contribution in [0.3, 0.4) is 0 Å². The summed E-state index contributed by atoms with van der Waals surface area (Å²) in [6.45, 7) is 3.04. The third-order valence-electron chi connectivity index (χ3n) is 7.77. The Balaban J connectivity index is 1.18. The van der Waals surface area contributed by atoms with E-state index in [1.807, 2.05) is 30.5 Å². The maximum Gasteiger partial charge on any atom is 0.165 e. The van der Waals surface area contributed by atoms with Crippen molar-refractivity contribution in [3.05, 3.63) is 121 Å². The Bertz CT molecular complexity index is 2180. The topological polar surface area (TPSA) is 48.0 Å². The molecule has 0 amide bonds. The molecule has 0 radical (unpaired) electrons. The summed E-state index contributed by atoms with van der Waals surface area (Å²) in [5.74, 6) is 1.01. The lowest BCUT2D eigenvalue weighted by atomic mass is 9.99. The molecule has 0 saturated carbocycles. The molecule has 0 saturated heterocycles. The van der Waals surface area contributed by atoms with Crippen molar-refractivity contribution in [2.24, 2.45) is 0 Å². The molecule has 0 fully saturated rings. The van der Waals surface area contributed by atoms with Crippen LogP contribution in [0.4, 0.5) is 0 Å². The van der Waals surface area contributed by atoms with Gasteiger partial charge < -0.3 is 4.57 Å². The third kappa shape index (κ3) is 3.45. The Labute approximate surface area is 231 Å². The number of para-hydroxylation sites is 2. The van der Waals surface area contributed by atoms with Gasteiger partial charge in [-0.15, -0.1) is 0 Å². The molecule has 0 spiro atoms. The van der Waals surface area contributed by atoms with E-state index >= 15 is 0 Å². The van der Waals surface area contributed by atoms with E-state index in [1.54, 1.807) is 0 Å². The molecule has 0 aliphatic carbocycles. The monoisotopic (exact) mass is 515 g/mol. The third-order valence-corrected chi connectivity index (χ3v) is 7.77. The average Bonchev–Trinajstić information content (AvgIpc) is 3.59. The van der Waals surface area contributed by atoms with Gasteiger partial charge in [0.25, 0.3) is 0 Å². The van der Waals surface area contributed by atoms with E-state index in [4.69, 9.17) is 15.0 Å². The Kier molecular flexibility index (Phi) is 5.04. The van der Waals surface area contributed by atoms with Crippen molar-refractivity contribution >= 4 is 38.6 Å². The SMILES string of the molecule is CCn1c(-c2ccc(-c3ccc(-c4nc5c(nc6ccccn65)c5ccccc45)cc3)cc2)nc2ccccc21. The van der Waals surface area contributed by atoms with Gasteiger partial charge in [0.15, 0.2) is 5.65 Å². The van der Waals surface area contributed by atoms with Gasteiger partial charge in [-0.25, -0.2) is 15.0 Å². The molecular formula is C35H25N5. The normalized spacial score (nSPS) is 11.7. The molecule has 0 N–H and O–H groups in total. The lowest BCUT2D eigenvalue weighted by molar-refractivity contribution is 0.796. The second-order valence-electron chi connectivity index (χ2n) is 10.0. The summed E-state index contributed by atoms with van der Waals surface area (Å²) in [6, 6.07) is 40.2. The van der Waals surface area contributed by atoms with Crippen molar-refractivity contribution in [2.45, 2.75) is 13.5 Å². The molecule has 4 aromatic heterocycles. The molecular weight excluding hydrogens is 490 g/mol. The first-order chi connectivity index (χ1) is 19.8. The first-order valence-electron chi connectivity index (χ1n) is 13.6. The molecule has 0 aliphatic rings. The molecule has 190 valence electrons. The number of hydrogen-bond donors (Lipinski definition) is 0. The highest BCUT2D eigenvalue weighted by molar-refractivity contribution is 6.09. The van der Waals surface area contributed by atoms with Gasteiger partial charge >= 0.3 is 0 Å². The standard InChI is InChI=1S/C35H25N5/c1-2-39-30-12-6-5-11-29(30)36-34(39)26-20-16-24(17-21-26)23-14-18-25(19-15-23)32-27-9-3-4-10-28(27)33-35(38-32)40-22-8-7-13-31(40)37-33/h3-22H,2H2,1H3. The molecule has 0 unspecified atom stereocenters. The summed E-state index contributed by atoms with van der Waals surface area (Å²) in [5.41, 5.74) is 10.4. The Hall–Kier alpha value is -5.29. The first-order valence-corrected chi connectivity index (χ1v) is 13.6. The van der Waals surface area contributed by atoms with Crippen LogP contribution < -0.4 is 0 Å². The predicted molar refractivity (Wildman–Crippen MR) is 163 cm³/mol. The van der Waals surface area contributed by atoms with Crippen LogP contribution in [-0.2, 0) is 6.54 Å². The first kappa shape index (κ1) is 22.7. The van der Waals surface area contributed by atoms with Crippen LogP contribution in [0.2, 0.25) is 0 Å². The van der Waals surface area contributed by atoms with Crippen molar-refractivity contribution in [1.82, 2.24) is 23.9 Å². The van der Waals surface area contributed by atoms with Crippen molar-refractivity contribution < 1.29 is 0 Å². The molecule has 5 nitrogen and oxygen atoms in total. The molecule has 0 aliphatic heterocycles. The Morgan fingerprint density at radius 1 is 0.575 bits per heavy atom. The fraction of sp³-hybridized carbons (Fsp3) is 0.0571. The van der Waals surface area contributed by atoms with E-state index in [-0.39, 0.29) is 0 Å². The molecule has 5 heteroatoms. The van der Waals surface area contributed by atoms with Crippen LogP contribution in [0.25, 0.3) is 72.4 Å². The van der Waals surface area contributed by atoms with Gasteiger partial charge in [0.1, 0.15) is 17.0 Å². The lowest BCUT2D eigenvalue weighted by Gasteiger charge is -2.10. The number of fused-ring (bicyclic) bond motifs is 6. The minimum Gasteiger partial charge on any atom is -0.324 e. The smallest absolute Gasteiger partial charge is 0.165 e. The number of rotatable bonds is 4. The van der Waals surface area contributed by atoms with E-state index in [9.17, 15) is 0 Å². The van der Waals surface area contributed by atoms with Crippen LogP contribution in [0.5, 0.6) is 0 Å². The molecule has 0 atom stereocenters. The highest BCUT2D eigenvalue weighted by Crippen LogP contribution is 2.34. The second kappa shape index (κ2) is 8.89. The maximum atomic E-state index is 5.13. The number of nitrogens with zero attached hydrogens (tertiary/aromatic N) is 5. The molecule has 4 aromatic carbocycles. The van der Waals surface area contributed by atoms with Gasteiger partial charge in [-0.3, -0.25) is 4.40 Å². The molecule has 8 rings (SSSR count). The summed E-state index contributed by atoms with van der Waals surface area (Å²) in [4.78, 5) is 14.9. The van der Waals surface area contributed by atoms with Crippen LogP contribution >= 0.6 is 0 Å². The van der Waals surface area contributed by atoms with E-state index in [2.05, 4.69) is 107 Å². The fourth-order valence-electron chi connectivity index (χ4n) is 5.80. The van der Waals surface area contributed by atoms with E-state index in [0.29, 0.717) is 0 Å². The zero-order valence-electron chi connectivity index (χ0n) is 22.0. The van der Waals surface area contributed by atoms with Crippen molar-refractivity contribution in [1.29, 1.82) is 0 Å². The van der Waals surface area contributed by atoms with Crippen molar-refractivity contribution in [3.8, 4) is 33.8 Å². The summed E-state index contributed by atoms with van der Waals surface area (Å²) in [5, 5.41) is 2.22. The number of aryl methyl sites for hydroxylation is 1. The van der Waals surface area contributed by atoms with Crippen molar-refractivity contribution in [3.63, 3.8) is 0 Å². The molecule has 4 heterocycles. The maximum absolute atomic E-state index is 5.13. The molecule has 8 aromatic rings. The predicted octanol–water partition coefficient (Wildman–Crippen LogP) is 8.41. The van der Waals surface area contributed by atoms with Gasteiger partial charge in [-0.2, -0.15) is 0 Å². The van der Waals surface area contributed by atoms with Gasteiger partial charge in [-0.1, -0.05) is 91.0 Å². The number of hydrogen-bond acceptors (Lipinski definition) is 3. The van der Waals surface area contributed by atoms with Gasteiger partial charge in [0, 0.05) is 34.6 Å². The summed E-state index contributed by atoms with van der Waals surface area (Å²) in [7, 11) is 0.